The number of nitrogens with zero attached hydrogens (tertiary/aromatic N) is 4. The molecule has 0 saturated heterocycles. The van der Waals surface area contributed by atoms with Gasteiger partial charge in [0.1, 0.15) is 5.75 Å². The number of hydrogen-bond donors (Lipinski definition) is 0. The summed E-state index contributed by atoms with van der Waals surface area (Å²) in [4.78, 5) is 13.0. The fraction of sp³-hybridized carbons (Fsp3) is 0.333. The molecule has 0 amide bonds. The van der Waals surface area contributed by atoms with Gasteiger partial charge in [0.15, 0.2) is 0 Å². The van der Waals surface area contributed by atoms with Gasteiger partial charge in [-0.1, -0.05) is 24.9 Å². The molecule has 3 aromatic heterocycles. The van der Waals surface area contributed by atoms with E-state index in [0.29, 0.717) is 11.7 Å². The van der Waals surface area contributed by atoms with Crippen LogP contribution in [0.5, 0.6) is 5.75 Å². The van der Waals surface area contributed by atoms with Crippen LogP contribution in [0.3, 0.4) is 0 Å². The van der Waals surface area contributed by atoms with Gasteiger partial charge in [-0.05, 0) is 30.7 Å². The van der Waals surface area contributed by atoms with E-state index in [1.807, 2.05) is 24.3 Å². The number of ether oxygens (including phenoxy) is 1. The van der Waals surface area contributed by atoms with E-state index in [-0.39, 0.29) is 0 Å². The van der Waals surface area contributed by atoms with E-state index in [1.165, 1.54) is 12.8 Å². The first-order valence-corrected chi connectivity index (χ1v) is 8.12. The molecule has 3 aromatic rings. The van der Waals surface area contributed by atoms with Crippen molar-refractivity contribution in [2.45, 2.75) is 33.1 Å². The lowest BCUT2D eigenvalue weighted by atomic mass is 10.1. The fourth-order valence-electron chi connectivity index (χ4n) is 2.29. The summed E-state index contributed by atoms with van der Waals surface area (Å²) >= 11 is 0. The first-order chi connectivity index (χ1) is 11.8. The molecule has 0 aliphatic rings. The molecule has 3 rings (SSSR count). The van der Waals surface area contributed by atoms with Gasteiger partial charge in [-0.25, -0.2) is 0 Å². The quantitative estimate of drug-likeness (QED) is 0.610. The Kier molecular flexibility index (Phi) is 5.15. The van der Waals surface area contributed by atoms with E-state index in [9.17, 15) is 0 Å². The number of pyridine rings is 2. The van der Waals surface area contributed by atoms with E-state index < -0.39 is 0 Å². The molecule has 124 valence electrons. The molecule has 6 heteroatoms. The lowest BCUT2D eigenvalue weighted by molar-refractivity contribution is 0.305. The molecule has 6 nitrogen and oxygen atoms in total. The van der Waals surface area contributed by atoms with Crippen molar-refractivity contribution < 1.29 is 9.26 Å². The normalized spacial score (nSPS) is 10.8. The Hall–Kier alpha value is -2.76. The second kappa shape index (κ2) is 7.68. The highest BCUT2D eigenvalue weighted by atomic mass is 16.5. The van der Waals surface area contributed by atoms with Crippen LogP contribution in [0.1, 0.15) is 32.1 Å². The average Bonchev–Trinajstić information content (AvgIpc) is 3.06. The zero-order valence-corrected chi connectivity index (χ0v) is 13.9. The van der Waals surface area contributed by atoms with Crippen LogP contribution in [0.2, 0.25) is 0 Å². The molecule has 0 bridgehead atoms. The van der Waals surface area contributed by atoms with Gasteiger partial charge in [-0.2, -0.15) is 4.98 Å². The van der Waals surface area contributed by atoms with Gasteiger partial charge in [0.05, 0.1) is 24.2 Å². The largest absolute Gasteiger partial charge is 0.492 e. The third kappa shape index (κ3) is 3.95. The van der Waals surface area contributed by atoms with E-state index in [4.69, 9.17) is 9.26 Å². The topological polar surface area (TPSA) is 73.9 Å². The van der Waals surface area contributed by atoms with Crippen LogP contribution in [-0.4, -0.2) is 26.7 Å². The van der Waals surface area contributed by atoms with Crippen molar-refractivity contribution in [2.24, 2.45) is 0 Å². The summed E-state index contributed by atoms with van der Waals surface area (Å²) in [6.45, 7) is 4.66. The van der Waals surface area contributed by atoms with Crippen LogP contribution in [0.25, 0.3) is 22.8 Å². The fourth-order valence-corrected chi connectivity index (χ4v) is 2.29. The number of aromatic nitrogens is 4. The van der Waals surface area contributed by atoms with Crippen LogP contribution in [0.4, 0.5) is 0 Å². The van der Waals surface area contributed by atoms with Crippen LogP contribution in [0.15, 0.2) is 41.2 Å². The van der Waals surface area contributed by atoms with Crippen molar-refractivity contribution in [2.75, 3.05) is 6.61 Å². The van der Waals surface area contributed by atoms with E-state index in [1.54, 1.807) is 19.3 Å². The minimum absolute atomic E-state index is 0.533. The van der Waals surface area contributed by atoms with Crippen molar-refractivity contribution in [3.05, 3.63) is 42.5 Å². The predicted molar refractivity (Wildman–Crippen MR) is 90.5 cm³/mol. The molecule has 0 fully saturated rings. The molecule has 0 N–H and O–H groups in total. The maximum Gasteiger partial charge on any atom is 0.223 e. The molecule has 0 unspecified atom stereocenters. The van der Waals surface area contributed by atoms with Gasteiger partial charge < -0.3 is 9.26 Å². The van der Waals surface area contributed by atoms with Gasteiger partial charge in [-0.15, -0.1) is 0 Å². The van der Waals surface area contributed by atoms with Gasteiger partial charge in [0.2, 0.25) is 11.7 Å². The maximum atomic E-state index is 5.68. The molecule has 0 atom stereocenters. The van der Waals surface area contributed by atoms with E-state index in [0.717, 1.165) is 35.7 Å². The van der Waals surface area contributed by atoms with Crippen molar-refractivity contribution >= 4 is 0 Å². The smallest absolute Gasteiger partial charge is 0.223 e. The minimum atomic E-state index is 0.533. The summed E-state index contributed by atoms with van der Waals surface area (Å²) in [7, 11) is 0. The number of rotatable bonds is 7. The monoisotopic (exact) mass is 324 g/mol. The Bertz CT molecular complexity index is 784. The van der Waals surface area contributed by atoms with Gasteiger partial charge in [-0.3, -0.25) is 9.97 Å². The molecule has 0 spiro atoms. The molecular weight excluding hydrogens is 304 g/mol. The van der Waals surface area contributed by atoms with Crippen LogP contribution in [0, 0.1) is 6.92 Å². The van der Waals surface area contributed by atoms with E-state index >= 15 is 0 Å². The van der Waals surface area contributed by atoms with Crippen molar-refractivity contribution in [1.29, 1.82) is 0 Å². The molecule has 0 saturated carbocycles. The Morgan fingerprint density at radius 1 is 1.08 bits per heavy atom. The zero-order valence-electron chi connectivity index (χ0n) is 13.9. The molecule has 3 heterocycles. The third-order valence-electron chi connectivity index (χ3n) is 3.56. The van der Waals surface area contributed by atoms with Crippen LogP contribution < -0.4 is 4.74 Å². The lowest BCUT2D eigenvalue weighted by Crippen LogP contribution is -1.97. The molecule has 0 aliphatic heterocycles. The Morgan fingerprint density at radius 2 is 2.00 bits per heavy atom. The average molecular weight is 324 g/mol. The summed E-state index contributed by atoms with van der Waals surface area (Å²) in [5, 5.41) is 3.93. The second-order valence-corrected chi connectivity index (χ2v) is 5.50. The van der Waals surface area contributed by atoms with Crippen molar-refractivity contribution in [3.8, 4) is 28.5 Å². The summed E-state index contributed by atoms with van der Waals surface area (Å²) in [5.41, 5.74) is 2.38. The standard InChI is InChI=1S/C18H20N4O2/c1-3-4-5-10-23-15-6-7-16(20-12-15)17-11-14(8-9-19-17)18-21-13(2)24-22-18/h6-9,11-12H,3-5,10H2,1-2H3. The van der Waals surface area contributed by atoms with Crippen molar-refractivity contribution in [1.82, 2.24) is 20.1 Å². The molecule has 0 aromatic carbocycles. The number of hydrogen-bond acceptors (Lipinski definition) is 6. The maximum absolute atomic E-state index is 5.68. The highest BCUT2D eigenvalue weighted by Gasteiger charge is 2.09. The van der Waals surface area contributed by atoms with Gasteiger partial charge in [0.25, 0.3) is 0 Å². The number of aryl methyl sites for hydroxylation is 1. The van der Waals surface area contributed by atoms with Gasteiger partial charge >= 0.3 is 0 Å². The van der Waals surface area contributed by atoms with Crippen LogP contribution in [-0.2, 0) is 0 Å². The Labute approximate surface area is 140 Å². The zero-order chi connectivity index (χ0) is 16.8. The Morgan fingerprint density at radius 3 is 2.71 bits per heavy atom. The van der Waals surface area contributed by atoms with Gasteiger partial charge in [0, 0.05) is 18.7 Å². The molecule has 0 aliphatic carbocycles. The second-order valence-electron chi connectivity index (χ2n) is 5.50. The third-order valence-corrected chi connectivity index (χ3v) is 3.56. The number of unbranched alkanes of at least 4 members (excludes halogenated alkanes) is 2. The SMILES string of the molecule is CCCCCOc1ccc(-c2cc(-c3noc(C)n3)ccn2)nc1. The van der Waals surface area contributed by atoms with Crippen LogP contribution >= 0.6 is 0 Å². The predicted octanol–water partition coefficient (Wildman–Crippen LogP) is 4.07. The van der Waals surface area contributed by atoms with Crippen molar-refractivity contribution in [3.63, 3.8) is 0 Å². The molecule has 24 heavy (non-hydrogen) atoms. The summed E-state index contributed by atoms with van der Waals surface area (Å²) in [6.07, 6.45) is 6.87. The minimum Gasteiger partial charge on any atom is -0.492 e. The summed E-state index contributed by atoms with van der Waals surface area (Å²) in [6, 6.07) is 7.57. The van der Waals surface area contributed by atoms with E-state index in [2.05, 4.69) is 27.0 Å². The molecular formula is C18H20N4O2. The first kappa shape index (κ1) is 16.1. The molecule has 0 radical (unpaired) electrons. The summed E-state index contributed by atoms with van der Waals surface area (Å²) < 4.78 is 10.7. The first-order valence-electron chi connectivity index (χ1n) is 8.12. The Balaban J connectivity index is 1.72. The summed E-state index contributed by atoms with van der Waals surface area (Å²) in [5.74, 6) is 1.86. The highest BCUT2D eigenvalue weighted by Crippen LogP contribution is 2.22. The highest BCUT2D eigenvalue weighted by molar-refractivity contribution is 5.64. The lowest BCUT2D eigenvalue weighted by Gasteiger charge is -2.06.